The first-order valence-corrected chi connectivity index (χ1v) is 10.3. The maximum Gasteiger partial charge on any atom is 0.271 e. The van der Waals surface area contributed by atoms with E-state index >= 15 is 0 Å². The quantitative estimate of drug-likeness (QED) is 0.629. The zero-order valence-electron chi connectivity index (χ0n) is 16.3. The van der Waals surface area contributed by atoms with Crippen LogP contribution in [0.5, 0.6) is 0 Å². The molecule has 2 saturated heterocycles. The number of nitrogens with zero attached hydrogens (tertiary/aromatic N) is 3. The monoisotopic (exact) mass is 380 g/mol. The minimum atomic E-state index is -0.219. The number of rotatable bonds is 5. The van der Waals surface area contributed by atoms with Crippen molar-refractivity contribution in [3.63, 3.8) is 0 Å². The molecule has 1 aromatic carbocycles. The standard InChI is InChI=1S/C22H28N4O2/c27-22(18-7-9-19(10-8-18)25-13-5-6-14-25)24-23-17-20-11-12-21(28-20)26-15-3-1-2-4-16-26/h7-12,17H,1-6,13-16H2,(H,24,27)/b23-17-. The molecule has 0 saturated carbocycles. The molecule has 148 valence electrons. The van der Waals surface area contributed by atoms with E-state index in [1.165, 1.54) is 44.2 Å². The van der Waals surface area contributed by atoms with Gasteiger partial charge < -0.3 is 14.2 Å². The van der Waals surface area contributed by atoms with Crippen LogP contribution >= 0.6 is 0 Å². The van der Waals surface area contributed by atoms with Crippen molar-refractivity contribution in [3.8, 4) is 0 Å². The average Bonchev–Trinajstić information content (AvgIpc) is 3.35. The molecule has 1 amide bonds. The Balaban J connectivity index is 1.31. The smallest absolute Gasteiger partial charge is 0.271 e. The van der Waals surface area contributed by atoms with E-state index in [2.05, 4.69) is 20.3 Å². The molecule has 0 bridgehead atoms. The lowest BCUT2D eigenvalue weighted by Gasteiger charge is -2.18. The number of hydrogen-bond donors (Lipinski definition) is 1. The van der Waals surface area contributed by atoms with Crippen molar-refractivity contribution in [1.29, 1.82) is 0 Å². The SMILES string of the molecule is O=C(N/N=C\c1ccc(N2CCCCCC2)o1)c1ccc(N2CCCC2)cc1. The van der Waals surface area contributed by atoms with Crippen LogP contribution in [0, 0.1) is 0 Å². The van der Waals surface area contributed by atoms with Gasteiger partial charge in [-0.15, -0.1) is 0 Å². The molecule has 6 heteroatoms. The zero-order valence-corrected chi connectivity index (χ0v) is 16.3. The normalized spacial score (nSPS) is 17.9. The second-order valence-electron chi connectivity index (χ2n) is 7.52. The molecule has 1 N–H and O–H groups in total. The summed E-state index contributed by atoms with van der Waals surface area (Å²) in [6.07, 6.45) is 9.02. The number of hydrogen-bond acceptors (Lipinski definition) is 5. The molecule has 0 aliphatic carbocycles. The summed E-state index contributed by atoms with van der Waals surface area (Å²) in [5.74, 6) is 1.31. The van der Waals surface area contributed by atoms with E-state index in [1.54, 1.807) is 6.21 Å². The molecule has 6 nitrogen and oxygen atoms in total. The largest absolute Gasteiger partial charge is 0.440 e. The summed E-state index contributed by atoms with van der Waals surface area (Å²) in [7, 11) is 0. The lowest BCUT2D eigenvalue weighted by atomic mass is 10.2. The van der Waals surface area contributed by atoms with Crippen LogP contribution in [-0.4, -0.2) is 38.3 Å². The number of carbonyl (C=O) groups excluding carboxylic acids is 1. The van der Waals surface area contributed by atoms with Gasteiger partial charge in [0.2, 0.25) is 0 Å². The Morgan fingerprint density at radius 3 is 2.21 bits per heavy atom. The lowest BCUT2D eigenvalue weighted by Crippen LogP contribution is -2.23. The molecule has 2 aromatic rings. The maximum absolute atomic E-state index is 12.3. The summed E-state index contributed by atoms with van der Waals surface area (Å²) in [5.41, 5.74) is 4.36. The summed E-state index contributed by atoms with van der Waals surface area (Å²) < 4.78 is 5.86. The summed E-state index contributed by atoms with van der Waals surface area (Å²) >= 11 is 0. The average molecular weight is 380 g/mol. The molecule has 28 heavy (non-hydrogen) atoms. The minimum absolute atomic E-state index is 0.219. The van der Waals surface area contributed by atoms with Gasteiger partial charge in [0.05, 0.1) is 6.21 Å². The molecule has 0 atom stereocenters. The molecule has 2 fully saturated rings. The Kier molecular flexibility index (Phi) is 5.95. The molecule has 2 aliphatic rings. The highest BCUT2D eigenvalue weighted by atomic mass is 16.4. The second kappa shape index (κ2) is 8.95. The van der Waals surface area contributed by atoms with Crippen LogP contribution in [0.25, 0.3) is 0 Å². The predicted octanol–water partition coefficient (Wildman–Crippen LogP) is 4.02. The molecule has 0 spiro atoms. The van der Waals surface area contributed by atoms with Crippen LogP contribution in [0.1, 0.15) is 54.6 Å². The fraction of sp³-hybridized carbons (Fsp3) is 0.455. The van der Waals surface area contributed by atoms with Gasteiger partial charge in [-0.25, -0.2) is 5.43 Å². The third-order valence-electron chi connectivity index (χ3n) is 5.49. The first-order chi connectivity index (χ1) is 13.8. The van der Waals surface area contributed by atoms with Gasteiger partial charge >= 0.3 is 0 Å². The predicted molar refractivity (Wildman–Crippen MR) is 112 cm³/mol. The van der Waals surface area contributed by atoms with Crippen molar-refractivity contribution in [3.05, 3.63) is 47.7 Å². The van der Waals surface area contributed by atoms with Crippen LogP contribution in [0.3, 0.4) is 0 Å². The number of nitrogens with one attached hydrogen (secondary N) is 1. The van der Waals surface area contributed by atoms with Gasteiger partial charge in [-0.2, -0.15) is 5.10 Å². The van der Waals surface area contributed by atoms with Crippen LogP contribution in [0.2, 0.25) is 0 Å². The van der Waals surface area contributed by atoms with Crippen molar-refractivity contribution < 1.29 is 9.21 Å². The van der Waals surface area contributed by atoms with Gasteiger partial charge in [0, 0.05) is 43.5 Å². The van der Waals surface area contributed by atoms with Gasteiger partial charge in [-0.1, -0.05) is 12.8 Å². The number of anilines is 2. The highest BCUT2D eigenvalue weighted by molar-refractivity contribution is 5.95. The van der Waals surface area contributed by atoms with E-state index in [1.807, 2.05) is 36.4 Å². The lowest BCUT2D eigenvalue weighted by molar-refractivity contribution is 0.0955. The third kappa shape index (κ3) is 4.55. The number of carbonyl (C=O) groups is 1. The minimum Gasteiger partial charge on any atom is -0.440 e. The fourth-order valence-corrected chi connectivity index (χ4v) is 3.89. The molecule has 0 radical (unpaired) electrons. The molecule has 1 aromatic heterocycles. The van der Waals surface area contributed by atoms with Gasteiger partial charge in [0.25, 0.3) is 5.91 Å². The van der Waals surface area contributed by atoms with Crippen molar-refractivity contribution in [2.75, 3.05) is 36.0 Å². The molecular weight excluding hydrogens is 352 g/mol. The fourth-order valence-electron chi connectivity index (χ4n) is 3.89. The van der Waals surface area contributed by atoms with Gasteiger partial charge in [-0.3, -0.25) is 4.79 Å². The number of furan rings is 1. The van der Waals surface area contributed by atoms with Crippen LogP contribution < -0.4 is 15.2 Å². The van der Waals surface area contributed by atoms with E-state index in [0.29, 0.717) is 11.3 Å². The van der Waals surface area contributed by atoms with Crippen LogP contribution in [-0.2, 0) is 0 Å². The third-order valence-corrected chi connectivity index (χ3v) is 5.49. The van der Waals surface area contributed by atoms with Crippen LogP contribution in [0.15, 0.2) is 45.9 Å². The second-order valence-corrected chi connectivity index (χ2v) is 7.52. The van der Waals surface area contributed by atoms with Crippen molar-refractivity contribution in [1.82, 2.24) is 5.43 Å². The number of amides is 1. The molecule has 2 aliphatic heterocycles. The summed E-state index contributed by atoms with van der Waals surface area (Å²) in [4.78, 5) is 16.9. The van der Waals surface area contributed by atoms with Gasteiger partial charge in [0.1, 0.15) is 5.76 Å². The molecule has 0 unspecified atom stereocenters. The Morgan fingerprint density at radius 1 is 0.857 bits per heavy atom. The number of benzene rings is 1. The first kappa shape index (κ1) is 18.6. The van der Waals surface area contributed by atoms with E-state index in [0.717, 1.165) is 32.1 Å². The van der Waals surface area contributed by atoms with Crippen LogP contribution in [0.4, 0.5) is 11.6 Å². The maximum atomic E-state index is 12.3. The summed E-state index contributed by atoms with van der Waals surface area (Å²) in [6.45, 7) is 4.26. The van der Waals surface area contributed by atoms with E-state index < -0.39 is 0 Å². The summed E-state index contributed by atoms with van der Waals surface area (Å²) in [6, 6.07) is 11.6. The van der Waals surface area contributed by atoms with E-state index in [-0.39, 0.29) is 5.91 Å². The van der Waals surface area contributed by atoms with Crippen molar-refractivity contribution in [2.45, 2.75) is 38.5 Å². The Hall–Kier alpha value is -2.76. The zero-order chi connectivity index (χ0) is 19.2. The highest BCUT2D eigenvalue weighted by Crippen LogP contribution is 2.22. The van der Waals surface area contributed by atoms with E-state index in [9.17, 15) is 4.79 Å². The van der Waals surface area contributed by atoms with Gasteiger partial charge in [0.15, 0.2) is 5.88 Å². The Labute approximate surface area is 166 Å². The summed E-state index contributed by atoms with van der Waals surface area (Å²) in [5, 5.41) is 4.05. The van der Waals surface area contributed by atoms with Crippen molar-refractivity contribution >= 4 is 23.7 Å². The Bertz CT molecular complexity index is 798. The molecule has 3 heterocycles. The molecule has 4 rings (SSSR count). The number of hydrazone groups is 1. The molecular formula is C22H28N4O2. The first-order valence-electron chi connectivity index (χ1n) is 10.3. The highest BCUT2D eigenvalue weighted by Gasteiger charge is 2.14. The topological polar surface area (TPSA) is 61.1 Å². The van der Waals surface area contributed by atoms with E-state index in [4.69, 9.17) is 4.42 Å². The van der Waals surface area contributed by atoms with Gasteiger partial charge in [-0.05, 0) is 56.0 Å². The Morgan fingerprint density at radius 2 is 1.50 bits per heavy atom. The van der Waals surface area contributed by atoms with Crippen molar-refractivity contribution in [2.24, 2.45) is 5.10 Å².